The maximum Gasteiger partial charge on any atom is 0.328 e. The van der Waals surface area contributed by atoms with Gasteiger partial charge in [-0.15, -0.1) is 0 Å². The van der Waals surface area contributed by atoms with Crippen molar-refractivity contribution in [1.82, 2.24) is 0 Å². The smallest absolute Gasteiger partial charge is 0.324 e. The molecule has 0 aliphatic heterocycles. The molecular weight excluding hydrogens is 430 g/mol. The summed E-state index contributed by atoms with van der Waals surface area (Å²) in [7, 11) is -5.14. The summed E-state index contributed by atoms with van der Waals surface area (Å²) in [5.74, 6) is 0. The van der Waals surface area contributed by atoms with E-state index in [0.29, 0.717) is 6.42 Å². The first-order chi connectivity index (χ1) is 12.8. The summed E-state index contributed by atoms with van der Waals surface area (Å²) in [6, 6.07) is 0. The summed E-state index contributed by atoms with van der Waals surface area (Å²) in [4.78, 5) is 16.9. The Morgan fingerprint density at radius 3 is 1.43 bits per heavy atom. The van der Waals surface area contributed by atoms with Gasteiger partial charge in [0, 0.05) is 0 Å². The molecule has 13 heteroatoms. The Morgan fingerprint density at radius 1 is 0.607 bits per heavy atom. The minimum absolute atomic E-state index is 0.00844. The Bertz CT molecular complexity index is 470. The maximum absolute atomic E-state index is 13.6. The molecule has 0 aliphatic rings. The van der Waals surface area contributed by atoms with Gasteiger partial charge in [0.05, 0.1) is 12.8 Å². The molecule has 0 heterocycles. The van der Waals surface area contributed by atoms with Crippen molar-refractivity contribution < 1.29 is 53.9 Å². The first kappa shape index (κ1) is 27.5. The second-order valence-electron chi connectivity index (χ2n) is 6.44. The maximum atomic E-state index is 13.6. The van der Waals surface area contributed by atoms with E-state index in [1.807, 2.05) is 0 Å². The molecule has 0 radical (unpaired) electrons. The van der Waals surface area contributed by atoms with Crippen molar-refractivity contribution in [2.24, 2.45) is 0 Å². The highest BCUT2D eigenvalue weighted by Gasteiger charge is 2.47. The standard InChI is InChI=1S/C15H24F9O3P/c16-6-4-2-1-3-5-8(17)10(19)12(21)14(23)15(24)13(22)11(20)9(18)7-28(25,26)27/h8-15H,1-7H2,(H2,25,26,27). The van der Waals surface area contributed by atoms with E-state index in [-0.39, 0.29) is 19.3 Å². The van der Waals surface area contributed by atoms with Crippen LogP contribution in [0.4, 0.5) is 39.5 Å². The van der Waals surface area contributed by atoms with E-state index in [0.717, 1.165) is 0 Å². The average molecular weight is 454 g/mol. The summed E-state index contributed by atoms with van der Waals surface area (Å²) >= 11 is 0. The van der Waals surface area contributed by atoms with Crippen molar-refractivity contribution in [3.63, 3.8) is 0 Å². The quantitative estimate of drug-likeness (QED) is 0.213. The molecule has 0 amide bonds. The molecule has 0 aromatic carbocycles. The third-order valence-electron chi connectivity index (χ3n) is 3.99. The van der Waals surface area contributed by atoms with Gasteiger partial charge in [0.15, 0.2) is 37.0 Å². The summed E-state index contributed by atoms with van der Waals surface area (Å²) in [6.45, 7) is -0.605. The summed E-state index contributed by atoms with van der Waals surface area (Å²) in [6.07, 6.45) is -28.7. The van der Waals surface area contributed by atoms with Gasteiger partial charge in [0.25, 0.3) is 0 Å². The lowest BCUT2D eigenvalue weighted by Gasteiger charge is -2.26. The van der Waals surface area contributed by atoms with Crippen LogP contribution in [0.25, 0.3) is 0 Å². The highest BCUT2D eigenvalue weighted by molar-refractivity contribution is 7.51. The minimum atomic E-state index is -5.14. The third kappa shape index (κ3) is 9.82. The lowest BCUT2D eigenvalue weighted by atomic mass is 9.96. The molecule has 0 spiro atoms. The molecule has 8 unspecified atom stereocenters. The number of hydrogen-bond donors (Lipinski definition) is 2. The molecule has 170 valence electrons. The number of unbranched alkanes of at least 4 members (excludes halogenated alkanes) is 3. The van der Waals surface area contributed by atoms with E-state index >= 15 is 0 Å². The monoisotopic (exact) mass is 454 g/mol. The van der Waals surface area contributed by atoms with Gasteiger partial charge in [-0.3, -0.25) is 8.96 Å². The molecule has 3 nitrogen and oxygen atoms in total. The second kappa shape index (κ2) is 13.0. The van der Waals surface area contributed by atoms with Gasteiger partial charge in [0.2, 0.25) is 0 Å². The second-order valence-corrected chi connectivity index (χ2v) is 8.13. The first-order valence-corrected chi connectivity index (χ1v) is 10.4. The van der Waals surface area contributed by atoms with E-state index in [9.17, 15) is 44.1 Å². The van der Waals surface area contributed by atoms with Crippen molar-refractivity contribution >= 4 is 7.60 Å². The van der Waals surface area contributed by atoms with Crippen molar-refractivity contribution in [3.05, 3.63) is 0 Å². The van der Waals surface area contributed by atoms with Gasteiger partial charge in [-0.2, -0.15) is 0 Å². The topological polar surface area (TPSA) is 57.5 Å². The zero-order valence-electron chi connectivity index (χ0n) is 14.7. The number of rotatable bonds is 15. The summed E-state index contributed by atoms with van der Waals surface area (Å²) in [5.41, 5.74) is 0. The molecule has 0 aromatic rings. The highest BCUT2D eigenvalue weighted by atomic mass is 31.2. The first-order valence-electron chi connectivity index (χ1n) is 8.56. The molecule has 8 atom stereocenters. The van der Waals surface area contributed by atoms with E-state index in [1.54, 1.807) is 0 Å². The molecule has 0 saturated carbocycles. The van der Waals surface area contributed by atoms with Gasteiger partial charge >= 0.3 is 7.60 Å². The van der Waals surface area contributed by atoms with Crippen LogP contribution < -0.4 is 0 Å². The van der Waals surface area contributed by atoms with Gasteiger partial charge < -0.3 is 9.79 Å². The fourth-order valence-electron chi connectivity index (χ4n) is 2.38. The lowest BCUT2D eigenvalue weighted by molar-refractivity contribution is -0.0451. The Balaban J connectivity index is 4.68. The van der Waals surface area contributed by atoms with Crippen LogP contribution in [-0.2, 0) is 4.57 Å². The molecule has 0 bridgehead atoms. The van der Waals surface area contributed by atoms with Crippen LogP contribution in [0.15, 0.2) is 0 Å². The van der Waals surface area contributed by atoms with Crippen LogP contribution >= 0.6 is 7.60 Å². The van der Waals surface area contributed by atoms with Gasteiger partial charge in [-0.05, 0) is 12.8 Å². The van der Waals surface area contributed by atoms with Crippen molar-refractivity contribution in [2.45, 2.75) is 81.5 Å². The summed E-state index contributed by atoms with van der Waals surface area (Å²) < 4.78 is 131. The van der Waals surface area contributed by atoms with Crippen molar-refractivity contribution in [3.8, 4) is 0 Å². The predicted octanol–water partition coefficient (Wildman–Crippen LogP) is 4.79. The van der Waals surface area contributed by atoms with E-state index in [1.165, 1.54) is 0 Å². The molecule has 0 aromatic heterocycles. The van der Waals surface area contributed by atoms with Crippen LogP contribution in [0.5, 0.6) is 0 Å². The van der Waals surface area contributed by atoms with Gasteiger partial charge in [-0.25, -0.2) is 35.1 Å². The molecule has 0 fully saturated rings. The zero-order valence-corrected chi connectivity index (χ0v) is 15.6. The van der Waals surface area contributed by atoms with Crippen LogP contribution in [0, 0.1) is 0 Å². The molecule has 0 saturated heterocycles. The molecule has 28 heavy (non-hydrogen) atoms. The Morgan fingerprint density at radius 2 is 1.00 bits per heavy atom. The average Bonchev–Trinajstić information content (AvgIpc) is 2.62. The molecule has 0 rings (SSSR count). The van der Waals surface area contributed by atoms with Gasteiger partial charge in [-0.1, -0.05) is 19.3 Å². The number of hydrogen-bond acceptors (Lipinski definition) is 1. The number of alkyl halides is 9. The predicted molar refractivity (Wildman–Crippen MR) is 85.1 cm³/mol. The SMILES string of the molecule is O=P(O)(O)CC(F)C(F)C(F)C(F)C(F)C(F)C(F)C(F)CCCCCCF. The summed E-state index contributed by atoms with van der Waals surface area (Å²) in [5, 5.41) is 0. The van der Waals surface area contributed by atoms with Crippen LogP contribution in [0.1, 0.15) is 32.1 Å². The van der Waals surface area contributed by atoms with Crippen LogP contribution in [0.2, 0.25) is 0 Å². The molecule has 0 aliphatic carbocycles. The normalized spacial score (nSPS) is 21.4. The van der Waals surface area contributed by atoms with Crippen LogP contribution in [0.3, 0.4) is 0 Å². The van der Waals surface area contributed by atoms with E-state index < -0.39 is 76.2 Å². The van der Waals surface area contributed by atoms with Crippen molar-refractivity contribution in [2.75, 3.05) is 12.8 Å². The Kier molecular flexibility index (Phi) is 12.7. The fraction of sp³-hybridized carbons (Fsp3) is 1.00. The zero-order chi connectivity index (χ0) is 22.1. The minimum Gasteiger partial charge on any atom is -0.324 e. The van der Waals surface area contributed by atoms with Crippen LogP contribution in [-0.4, -0.2) is 72.0 Å². The van der Waals surface area contributed by atoms with E-state index in [4.69, 9.17) is 9.79 Å². The molecular formula is C15H24F9O3P. The van der Waals surface area contributed by atoms with Gasteiger partial charge in [0.1, 0.15) is 12.3 Å². The van der Waals surface area contributed by atoms with E-state index in [2.05, 4.69) is 0 Å². The largest absolute Gasteiger partial charge is 0.328 e. The molecule has 2 N–H and O–H groups in total. The highest BCUT2D eigenvalue weighted by Crippen LogP contribution is 2.38. The Labute approximate surface area is 156 Å². The Hall–Kier alpha value is -0.480. The fourth-order valence-corrected chi connectivity index (χ4v) is 3.03. The number of halogens is 9. The lowest BCUT2D eigenvalue weighted by Crippen LogP contribution is -2.47. The van der Waals surface area contributed by atoms with Crippen molar-refractivity contribution in [1.29, 1.82) is 0 Å². The third-order valence-corrected chi connectivity index (χ3v) is 4.81.